The molecular weight excluding hydrogens is 318 g/mol. The summed E-state index contributed by atoms with van der Waals surface area (Å²) in [5.74, 6) is -0.0624. The fourth-order valence-electron chi connectivity index (χ4n) is 3.51. The first kappa shape index (κ1) is 19.3. The molecule has 1 aliphatic heterocycles. The predicted molar refractivity (Wildman–Crippen MR) is 97.5 cm³/mol. The Hall–Kier alpha value is -2.05. The molecule has 0 unspecified atom stereocenters. The minimum Gasteiger partial charge on any atom is -0.355 e. The van der Waals surface area contributed by atoms with Gasteiger partial charge in [-0.15, -0.1) is 0 Å². The molecule has 2 rings (SSSR count). The standard InChI is InChI=1S/C18H31N5O2/c1-6-23-14(3)16(13(2)20-23)9-10-19-17(24)15-8-7-11-22(12-15)18(25)21(4)5/h15H,6-12H2,1-5H3,(H,19,24)/t15-/m1/s1. The summed E-state index contributed by atoms with van der Waals surface area (Å²) in [6.07, 6.45) is 2.50. The average molecular weight is 349 g/mol. The van der Waals surface area contributed by atoms with Crippen molar-refractivity contribution in [3.05, 3.63) is 17.0 Å². The number of carbonyl (C=O) groups is 2. The highest BCUT2D eigenvalue weighted by molar-refractivity contribution is 5.80. The number of rotatable bonds is 5. The van der Waals surface area contributed by atoms with Crippen LogP contribution in [0, 0.1) is 19.8 Å². The fourth-order valence-corrected chi connectivity index (χ4v) is 3.51. The Bertz CT molecular complexity index is 623. The SMILES string of the molecule is CCn1nc(C)c(CCNC(=O)[C@@H]2CCCN(C(=O)N(C)C)C2)c1C. The van der Waals surface area contributed by atoms with Crippen LogP contribution in [0.5, 0.6) is 0 Å². The van der Waals surface area contributed by atoms with E-state index in [1.807, 2.05) is 11.6 Å². The molecule has 1 N–H and O–H groups in total. The van der Waals surface area contributed by atoms with E-state index in [9.17, 15) is 9.59 Å². The second kappa shape index (κ2) is 8.36. The number of nitrogens with zero attached hydrogens (tertiary/aromatic N) is 4. The van der Waals surface area contributed by atoms with Gasteiger partial charge in [-0.3, -0.25) is 9.48 Å². The number of urea groups is 1. The molecule has 140 valence electrons. The van der Waals surface area contributed by atoms with Gasteiger partial charge in [-0.1, -0.05) is 0 Å². The quantitative estimate of drug-likeness (QED) is 0.877. The zero-order valence-corrected chi connectivity index (χ0v) is 16.1. The van der Waals surface area contributed by atoms with Crippen molar-refractivity contribution in [1.82, 2.24) is 24.9 Å². The molecule has 1 saturated heterocycles. The molecule has 25 heavy (non-hydrogen) atoms. The zero-order valence-electron chi connectivity index (χ0n) is 16.1. The fraction of sp³-hybridized carbons (Fsp3) is 0.722. The number of aryl methyl sites for hydroxylation is 2. The number of piperidine rings is 1. The maximum absolute atomic E-state index is 12.5. The summed E-state index contributed by atoms with van der Waals surface area (Å²) in [6, 6.07) is -0.0178. The third-order valence-electron chi connectivity index (χ3n) is 4.95. The molecule has 1 fully saturated rings. The first-order chi connectivity index (χ1) is 11.8. The van der Waals surface area contributed by atoms with Gasteiger partial charge in [0.15, 0.2) is 0 Å². The van der Waals surface area contributed by atoms with Crippen molar-refractivity contribution < 1.29 is 9.59 Å². The topological polar surface area (TPSA) is 70.5 Å². The van der Waals surface area contributed by atoms with E-state index >= 15 is 0 Å². The molecule has 2 heterocycles. The monoisotopic (exact) mass is 349 g/mol. The van der Waals surface area contributed by atoms with Crippen LogP contribution in [-0.2, 0) is 17.8 Å². The summed E-state index contributed by atoms with van der Waals surface area (Å²) in [4.78, 5) is 27.9. The average Bonchev–Trinajstić information content (AvgIpc) is 2.88. The summed E-state index contributed by atoms with van der Waals surface area (Å²) in [5, 5.41) is 7.56. The molecule has 0 spiro atoms. The number of carbonyl (C=O) groups excluding carboxylic acids is 2. The van der Waals surface area contributed by atoms with E-state index in [1.165, 1.54) is 11.3 Å². The van der Waals surface area contributed by atoms with E-state index in [1.54, 1.807) is 23.9 Å². The van der Waals surface area contributed by atoms with Gasteiger partial charge >= 0.3 is 6.03 Å². The van der Waals surface area contributed by atoms with Crippen LogP contribution in [0.4, 0.5) is 4.79 Å². The zero-order chi connectivity index (χ0) is 18.6. The van der Waals surface area contributed by atoms with E-state index in [2.05, 4.69) is 24.3 Å². The second-order valence-electron chi connectivity index (χ2n) is 6.97. The first-order valence-corrected chi connectivity index (χ1v) is 9.12. The molecule has 0 aliphatic carbocycles. The summed E-state index contributed by atoms with van der Waals surface area (Å²) < 4.78 is 2.00. The molecule has 3 amide bonds. The molecule has 0 radical (unpaired) electrons. The Balaban J connectivity index is 1.86. The molecule has 7 heteroatoms. The van der Waals surface area contributed by atoms with Crippen LogP contribution in [0.2, 0.25) is 0 Å². The lowest BCUT2D eigenvalue weighted by Gasteiger charge is -2.33. The normalized spacial score (nSPS) is 17.5. The number of nitrogens with one attached hydrogen (secondary N) is 1. The van der Waals surface area contributed by atoms with E-state index in [0.717, 1.165) is 38.0 Å². The van der Waals surface area contributed by atoms with Crippen LogP contribution >= 0.6 is 0 Å². The lowest BCUT2D eigenvalue weighted by molar-refractivity contribution is -0.126. The van der Waals surface area contributed by atoms with Gasteiger partial charge in [0.25, 0.3) is 0 Å². The highest BCUT2D eigenvalue weighted by atomic mass is 16.2. The lowest BCUT2D eigenvalue weighted by atomic mass is 9.97. The maximum Gasteiger partial charge on any atom is 0.319 e. The Morgan fingerprint density at radius 1 is 1.32 bits per heavy atom. The molecule has 1 aromatic heterocycles. The Labute approximate surface area is 150 Å². The predicted octanol–water partition coefficient (Wildman–Crippen LogP) is 1.57. The van der Waals surface area contributed by atoms with Crippen molar-refractivity contribution in [3.63, 3.8) is 0 Å². The third-order valence-corrected chi connectivity index (χ3v) is 4.95. The maximum atomic E-state index is 12.5. The minimum absolute atomic E-state index is 0.0178. The van der Waals surface area contributed by atoms with E-state index < -0.39 is 0 Å². The van der Waals surface area contributed by atoms with Gasteiger partial charge in [-0.05, 0) is 45.6 Å². The van der Waals surface area contributed by atoms with Gasteiger partial charge < -0.3 is 15.1 Å². The van der Waals surface area contributed by atoms with Gasteiger partial charge in [-0.25, -0.2) is 4.79 Å². The van der Waals surface area contributed by atoms with Gasteiger partial charge in [0, 0.05) is 46.0 Å². The Morgan fingerprint density at radius 2 is 2.04 bits per heavy atom. The molecule has 0 saturated carbocycles. The number of hydrogen-bond donors (Lipinski definition) is 1. The van der Waals surface area contributed by atoms with Crippen LogP contribution in [0.1, 0.15) is 36.7 Å². The molecule has 0 aromatic carbocycles. The second-order valence-corrected chi connectivity index (χ2v) is 6.97. The van der Waals surface area contributed by atoms with E-state index in [0.29, 0.717) is 13.1 Å². The summed E-state index contributed by atoms with van der Waals surface area (Å²) in [5.41, 5.74) is 3.43. The van der Waals surface area contributed by atoms with Crippen molar-refractivity contribution >= 4 is 11.9 Å². The first-order valence-electron chi connectivity index (χ1n) is 9.12. The summed E-state index contributed by atoms with van der Waals surface area (Å²) in [7, 11) is 3.49. The van der Waals surface area contributed by atoms with Crippen LogP contribution in [-0.4, -0.2) is 65.2 Å². The Morgan fingerprint density at radius 3 is 2.64 bits per heavy atom. The number of hydrogen-bond acceptors (Lipinski definition) is 3. The third kappa shape index (κ3) is 4.52. The van der Waals surface area contributed by atoms with Crippen molar-refractivity contribution in [2.75, 3.05) is 33.7 Å². The lowest BCUT2D eigenvalue weighted by Crippen LogP contribution is -2.48. The van der Waals surface area contributed by atoms with Crippen LogP contribution < -0.4 is 5.32 Å². The van der Waals surface area contributed by atoms with Crippen LogP contribution in [0.15, 0.2) is 0 Å². The highest BCUT2D eigenvalue weighted by Gasteiger charge is 2.28. The van der Waals surface area contributed by atoms with Gasteiger partial charge in [0.05, 0.1) is 11.6 Å². The van der Waals surface area contributed by atoms with Crippen molar-refractivity contribution in [2.45, 2.75) is 46.6 Å². The molecule has 1 atom stereocenters. The van der Waals surface area contributed by atoms with Crippen molar-refractivity contribution in [2.24, 2.45) is 5.92 Å². The van der Waals surface area contributed by atoms with Gasteiger partial charge in [0.1, 0.15) is 0 Å². The summed E-state index contributed by atoms with van der Waals surface area (Å²) >= 11 is 0. The number of aromatic nitrogens is 2. The Kier molecular flexibility index (Phi) is 6.45. The van der Waals surface area contributed by atoms with E-state index in [4.69, 9.17) is 0 Å². The smallest absolute Gasteiger partial charge is 0.319 e. The number of likely N-dealkylation sites (tertiary alicyclic amines) is 1. The molecule has 1 aromatic rings. The highest BCUT2D eigenvalue weighted by Crippen LogP contribution is 2.18. The molecule has 7 nitrogen and oxygen atoms in total. The van der Waals surface area contributed by atoms with Crippen LogP contribution in [0.3, 0.4) is 0 Å². The van der Waals surface area contributed by atoms with Gasteiger partial charge in [-0.2, -0.15) is 5.10 Å². The molecule has 0 bridgehead atoms. The van der Waals surface area contributed by atoms with Crippen molar-refractivity contribution in [1.29, 1.82) is 0 Å². The largest absolute Gasteiger partial charge is 0.355 e. The summed E-state index contributed by atoms with van der Waals surface area (Å²) in [6.45, 7) is 8.87. The number of amides is 3. The van der Waals surface area contributed by atoms with E-state index in [-0.39, 0.29) is 17.9 Å². The minimum atomic E-state index is -0.113. The van der Waals surface area contributed by atoms with Gasteiger partial charge in [0.2, 0.25) is 5.91 Å². The van der Waals surface area contributed by atoms with Crippen LogP contribution in [0.25, 0.3) is 0 Å². The van der Waals surface area contributed by atoms with Crippen molar-refractivity contribution in [3.8, 4) is 0 Å². The molecular formula is C18H31N5O2. The molecule has 1 aliphatic rings.